The number of carbonyl (C=O) groups is 1. The van der Waals surface area contributed by atoms with Crippen molar-refractivity contribution in [1.82, 2.24) is 29.4 Å². The van der Waals surface area contributed by atoms with E-state index in [4.69, 9.17) is 0 Å². The van der Waals surface area contributed by atoms with Gasteiger partial charge in [0.1, 0.15) is 18.5 Å². The number of rotatable bonds is 6. The van der Waals surface area contributed by atoms with Crippen molar-refractivity contribution in [2.75, 3.05) is 11.9 Å². The molecule has 0 spiro atoms. The van der Waals surface area contributed by atoms with E-state index in [9.17, 15) is 4.79 Å². The van der Waals surface area contributed by atoms with Crippen molar-refractivity contribution in [3.05, 3.63) is 24.9 Å². The first kappa shape index (κ1) is 16.6. The Labute approximate surface area is 141 Å². The van der Waals surface area contributed by atoms with Crippen LogP contribution >= 0.6 is 0 Å². The third-order valence-electron chi connectivity index (χ3n) is 4.57. The lowest BCUT2D eigenvalue weighted by Crippen LogP contribution is -2.46. The first-order valence-corrected chi connectivity index (χ1v) is 8.49. The maximum atomic E-state index is 12.7. The maximum absolute atomic E-state index is 12.7. The zero-order chi connectivity index (χ0) is 17.1. The molecule has 3 rings (SSSR count). The Balaban J connectivity index is 1.65. The molecule has 1 fully saturated rings. The molecule has 2 aromatic heterocycles. The van der Waals surface area contributed by atoms with Crippen molar-refractivity contribution in [3.63, 3.8) is 0 Å². The van der Waals surface area contributed by atoms with Gasteiger partial charge in [0, 0.05) is 18.2 Å². The first-order chi connectivity index (χ1) is 11.6. The van der Waals surface area contributed by atoms with Gasteiger partial charge in [0.15, 0.2) is 0 Å². The van der Waals surface area contributed by atoms with Gasteiger partial charge in [-0.05, 0) is 40.2 Å². The van der Waals surface area contributed by atoms with Crippen molar-refractivity contribution >= 4 is 11.7 Å². The van der Waals surface area contributed by atoms with Crippen LogP contribution in [0.5, 0.6) is 0 Å². The lowest BCUT2D eigenvalue weighted by atomic mass is 10.2. The van der Waals surface area contributed by atoms with E-state index in [0.717, 1.165) is 31.7 Å². The molecule has 130 valence electrons. The van der Waals surface area contributed by atoms with Crippen LogP contribution in [-0.2, 0) is 11.3 Å². The molecular weight excluding hydrogens is 306 g/mol. The highest BCUT2D eigenvalue weighted by Gasteiger charge is 2.32. The lowest BCUT2D eigenvalue weighted by molar-refractivity contribution is -0.121. The highest BCUT2D eigenvalue weighted by molar-refractivity contribution is 5.93. The number of carbonyl (C=O) groups excluding carboxylic acids is 1. The summed E-state index contributed by atoms with van der Waals surface area (Å²) in [7, 11) is 0. The van der Waals surface area contributed by atoms with Crippen molar-refractivity contribution < 1.29 is 4.79 Å². The molecule has 0 bridgehead atoms. The lowest BCUT2D eigenvalue weighted by Gasteiger charge is -2.29. The topological polar surface area (TPSA) is 80.9 Å². The normalized spacial score (nSPS) is 19.8. The van der Waals surface area contributed by atoms with Crippen LogP contribution < -0.4 is 5.32 Å². The SMILES string of the molecule is CC(C)n1nccc1NC(=O)[C@@H](C)N1CCC[C@H]1Cn1cncn1. The monoisotopic (exact) mass is 331 g/mol. The van der Waals surface area contributed by atoms with E-state index >= 15 is 0 Å². The second-order valence-electron chi connectivity index (χ2n) is 6.57. The van der Waals surface area contributed by atoms with Crippen molar-refractivity contribution in [2.24, 2.45) is 0 Å². The predicted octanol–water partition coefficient (Wildman–Crippen LogP) is 1.55. The number of aromatic nitrogens is 5. The summed E-state index contributed by atoms with van der Waals surface area (Å²) >= 11 is 0. The van der Waals surface area contributed by atoms with Crippen LogP contribution in [0.15, 0.2) is 24.9 Å². The average molecular weight is 331 g/mol. The fourth-order valence-electron chi connectivity index (χ4n) is 3.31. The quantitative estimate of drug-likeness (QED) is 0.868. The Hall–Kier alpha value is -2.22. The third-order valence-corrected chi connectivity index (χ3v) is 4.57. The summed E-state index contributed by atoms with van der Waals surface area (Å²) in [6.07, 6.45) is 7.15. The minimum atomic E-state index is -0.198. The van der Waals surface area contributed by atoms with Crippen LogP contribution in [0.4, 0.5) is 5.82 Å². The summed E-state index contributed by atoms with van der Waals surface area (Å²) in [5.74, 6) is 0.747. The summed E-state index contributed by atoms with van der Waals surface area (Å²) in [5.41, 5.74) is 0. The molecule has 24 heavy (non-hydrogen) atoms. The van der Waals surface area contributed by atoms with Crippen molar-refractivity contribution in [3.8, 4) is 0 Å². The fourth-order valence-corrected chi connectivity index (χ4v) is 3.31. The summed E-state index contributed by atoms with van der Waals surface area (Å²) in [4.78, 5) is 18.9. The van der Waals surface area contributed by atoms with Crippen LogP contribution in [0.1, 0.15) is 39.7 Å². The van der Waals surface area contributed by atoms with Crippen molar-refractivity contribution in [1.29, 1.82) is 0 Å². The molecule has 2 aromatic rings. The zero-order valence-electron chi connectivity index (χ0n) is 14.5. The minimum absolute atomic E-state index is 0.00268. The van der Waals surface area contributed by atoms with Gasteiger partial charge in [0.25, 0.3) is 0 Å². The second kappa shape index (κ2) is 7.12. The van der Waals surface area contributed by atoms with Gasteiger partial charge in [-0.2, -0.15) is 10.2 Å². The van der Waals surface area contributed by atoms with Crippen molar-refractivity contribution in [2.45, 2.75) is 58.3 Å². The molecule has 1 amide bonds. The number of nitrogens with one attached hydrogen (secondary N) is 1. The number of hydrogen-bond donors (Lipinski definition) is 1. The Morgan fingerprint density at radius 1 is 1.38 bits per heavy atom. The molecule has 0 radical (unpaired) electrons. The predicted molar refractivity (Wildman–Crippen MR) is 90.5 cm³/mol. The zero-order valence-corrected chi connectivity index (χ0v) is 14.5. The molecule has 8 nitrogen and oxygen atoms in total. The van der Waals surface area contributed by atoms with Gasteiger partial charge in [0.05, 0.1) is 18.8 Å². The number of likely N-dealkylation sites (tertiary alicyclic amines) is 1. The summed E-state index contributed by atoms with van der Waals surface area (Å²) < 4.78 is 3.66. The molecule has 0 aromatic carbocycles. The molecule has 1 aliphatic rings. The van der Waals surface area contributed by atoms with Gasteiger partial charge >= 0.3 is 0 Å². The number of nitrogens with zero attached hydrogens (tertiary/aromatic N) is 6. The smallest absolute Gasteiger partial charge is 0.242 e. The summed E-state index contributed by atoms with van der Waals surface area (Å²) in [5, 5.41) is 11.5. The van der Waals surface area contributed by atoms with Crippen LogP contribution in [0.3, 0.4) is 0 Å². The highest BCUT2D eigenvalue weighted by atomic mass is 16.2. The van der Waals surface area contributed by atoms with Gasteiger partial charge in [-0.25, -0.2) is 9.67 Å². The molecule has 1 saturated heterocycles. The first-order valence-electron chi connectivity index (χ1n) is 8.49. The molecule has 1 aliphatic heterocycles. The summed E-state index contributed by atoms with van der Waals surface area (Å²) in [6.45, 7) is 7.74. The molecule has 1 N–H and O–H groups in total. The number of hydrogen-bond acceptors (Lipinski definition) is 5. The van der Waals surface area contributed by atoms with Gasteiger partial charge in [-0.1, -0.05) is 0 Å². The molecule has 0 saturated carbocycles. The van der Waals surface area contributed by atoms with E-state index in [1.165, 1.54) is 0 Å². The Bertz CT molecular complexity index is 664. The summed E-state index contributed by atoms with van der Waals surface area (Å²) in [6, 6.07) is 2.15. The van der Waals surface area contributed by atoms with Crippen LogP contribution in [0, 0.1) is 0 Å². The van der Waals surface area contributed by atoms with Crippen LogP contribution in [0.25, 0.3) is 0 Å². The highest BCUT2D eigenvalue weighted by Crippen LogP contribution is 2.22. The molecule has 0 aliphatic carbocycles. The fraction of sp³-hybridized carbons (Fsp3) is 0.625. The van der Waals surface area contributed by atoms with Gasteiger partial charge in [-0.15, -0.1) is 0 Å². The van der Waals surface area contributed by atoms with E-state index < -0.39 is 0 Å². The Kier molecular flexibility index (Phi) is 4.94. The van der Waals surface area contributed by atoms with Gasteiger partial charge in [0.2, 0.25) is 5.91 Å². The van der Waals surface area contributed by atoms with E-state index in [1.54, 1.807) is 18.9 Å². The second-order valence-corrected chi connectivity index (χ2v) is 6.57. The Morgan fingerprint density at radius 2 is 2.21 bits per heavy atom. The van der Waals surface area contributed by atoms with E-state index in [-0.39, 0.29) is 18.0 Å². The number of amides is 1. The molecule has 2 atom stereocenters. The largest absolute Gasteiger partial charge is 0.310 e. The third kappa shape index (κ3) is 3.48. The standard InChI is InChI=1S/C16H25N7O/c1-12(2)23-15(6-7-18-23)20-16(24)13(3)22-8-4-5-14(22)9-21-11-17-10-19-21/h6-7,10-14H,4-5,8-9H2,1-3H3,(H,20,24)/t13-,14+/m1/s1. The average Bonchev–Trinajstić information content (AvgIpc) is 3.28. The van der Waals surface area contributed by atoms with Gasteiger partial charge < -0.3 is 5.32 Å². The van der Waals surface area contributed by atoms with E-state index in [0.29, 0.717) is 6.04 Å². The maximum Gasteiger partial charge on any atom is 0.242 e. The minimum Gasteiger partial charge on any atom is -0.310 e. The molecule has 8 heteroatoms. The van der Waals surface area contributed by atoms with E-state index in [2.05, 4.69) is 25.4 Å². The van der Waals surface area contributed by atoms with E-state index in [1.807, 2.05) is 36.2 Å². The van der Waals surface area contributed by atoms with Gasteiger partial charge in [-0.3, -0.25) is 14.4 Å². The molecule has 3 heterocycles. The van der Waals surface area contributed by atoms with Crippen LogP contribution in [-0.4, -0.2) is 54.0 Å². The molecular formula is C16H25N7O. The Morgan fingerprint density at radius 3 is 2.92 bits per heavy atom. The number of anilines is 1. The van der Waals surface area contributed by atoms with Crippen LogP contribution in [0.2, 0.25) is 0 Å². The molecule has 0 unspecified atom stereocenters.